The van der Waals surface area contributed by atoms with Gasteiger partial charge >= 0.3 is 5.97 Å². The summed E-state index contributed by atoms with van der Waals surface area (Å²) >= 11 is 0. The van der Waals surface area contributed by atoms with E-state index in [0.717, 1.165) is 5.69 Å². The SMILES string of the molecule is COC(=O)c1cc(-c2ccco2)nc2nn(C)c(C)c12. The first kappa shape index (κ1) is 12.4. The number of pyridine rings is 1. The summed E-state index contributed by atoms with van der Waals surface area (Å²) in [6, 6.07) is 5.22. The van der Waals surface area contributed by atoms with E-state index in [9.17, 15) is 4.79 Å². The molecule has 3 aromatic heterocycles. The fourth-order valence-corrected chi connectivity index (χ4v) is 2.16. The Balaban J connectivity index is 2.34. The zero-order valence-corrected chi connectivity index (χ0v) is 11.4. The number of rotatable bonds is 2. The number of carbonyl (C=O) groups is 1. The molecule has 0 aliphatic carbocycles. The van der Waals surface area contributed by atoms with E-state index in [0.29, 0.717) is 28.1 Å². The Labute approximate surface area is 115 Å². The minimum absolute atomic E-state index is 0.415. The minimum atomic E-state index is -0.415. The van der Waals surface area contributed by atoms with E-state index >= 15 is 0 Å². The lowest BCUT2D eigenvalue weighted by atomic mass is 10.1. The number of hydrogen-bond donors (Lipinski definition) is 0. The standard InChI is InChI=1S/C14H13N3O3/c1-8-12-9(14(18)19-3)7-10(11-5-4-6-20-11)15-13(12)16-17(8)2/h4-7H,1-3H3. The summed E-state index contributed by atoms with van der Waals surface area (Å²) in [6.45, 7) is 1.88. The zero-order chi connectivity index (χ0) is 14.3. The summed E-state index contributed by atoms with van der Waals surface area (Å²) in [4.78, 5) is 16.4. The second-order valence-electron chi connectivity index (χ2n) is 4.43. The van der Waals surface area contributed by atoms with E-state index in [1.54, 1.807) is 29.1 Å². The number of hydrogen-bond acceptors (Lipinski definition) is 5. The molecule has 0 spiro atoms. The highest BCUT2D eigenvalue weighted by molar-refractivity contribution is 6.04. The van der Waals surface area contributed by atoms with Gasteiger partial charge in [0.05, 0.1) is 24.3 Å². The van der Waals surface area contributed by atoms with Gasteiger partial charge in [-0.25, -0.2) is 9.78 Å². The van der Waals surface area contributed by atoms with Crippen molar-refractivity contribution in [1.82, 2.24) is 14.8 Å². The third kappa shape index (κ3) is 1.77. The van der Waals surface area contributed by atoms with Crippen molar-refractivity contribution >= 4 is 17.0 Å². The van der Waals surface area contributed by atoms with Crippen molar-refractivity contribution in [3.63, 3.8) is 0 Å². The quantitative estimate of drug-likeness (QED) is 0.669. The molecule has 6 nitrogen and oxygen atoms in total. The van der Waals surface area contributed by atoms with Crippen molar-refractivity contribution in [1.29, 1.82) is 0 Å². The molecule has 3 rings (SSSR count). The van der Waals surface area contributed by atoms with Crippen LogP contribution in [0.2, 0.25) is 0 Å². The van der Waals surface area contributed by atoms with Crippen LogP contribution in [0.25, 0.3) is 22.5 Å². The van der Waals surface area contributed by atoms with Crippen LogP contribution in [0.4, 0.5) is 0 Å². The first-order valence-corrected chi connectivity index (χ1v) is 6.08. The molecule has 0 aliphatic heterocycles. The van der Waals surface area contributed by atoms with E-state index in [4.69, 9.17) is 9.15 Å². The largest absolute Gasteiger partial charge is 0.465 e. The van der Waals surface area contributed by atoms with Gasteiger partial charge in [-0.2, -0.15) is 5.10 Å². The second kappa shape index (κ2) is 4.48. The molecule has 0 radical (unpaired) electrons. The molecule has 0 saturated carbocycles. The number of fused-ring (bicyclic) bond motifs is 1. The first-order chi connectivity index (χ1) is 9.61. The van der Waals surface area contributed by atoms with E-state index < -0.39 is 5.97 Å². The molecule has 0 saturated heterocycles. The van der Waals surface area contributed by atoms with Crippen LogP contribution in [0.1, 0.15) is 16.1 Å². The van der Waals surface area contributed by atoms with Crippen LogP contribution < -0.4 is 0 Å². The Morgan fingerprint density at radius 1 is 1.45 bits per heavy atom. The number of carbonyl (C=O) groups excluding carboxylic acids is 1. The lowest BCUT2D eigenvalue weighted by molar-refractivity contribution is 0.0603. The zero-order valence-electron chi connectivity index (χ0n) is 11.4. The second-order valence-corrected chi connectivity index (χ2v) is 4.43. The van der Waals surface area contributed by atoms with Crippen molar-refractivity contribution in [3.8, 4) is 11.5 Å². The average Bonchev–Trinajstić information content (AvgIpc) is 3.07. The molecule has 0 amide bonds. The van der Waals surface area contributed by atoms with Gasteiger partial charge in [-0.15, -0.1) is 0 Å². The van der Waals surface area contributed by atoms with Gasteiger partial charge in [0.15, 0.2) is 11.4 Å². The average molecular weight is 271 g/mol. The normalized spacial score (nSPS) is 10.9. The molecule has 3 heterocycles. The summed E-state index contributed by atoms with van der Waals surface area (Å²) in [5.74, 6) is 0.168. The highest BCUT2D eigenvalue weighted by Crippen LogP contribution is 2.27. The smallest absolute Gasteiger partial charge is 0.338 e. The van der Waals surface area contributed by atoms with Crippen LogP contribution in [-0.4, -0.2) is 27.8 Å². The Bertz CT molecular complexity index is 788. The van der Waals surface area contributed by atoms with Crippen LogP contribution in [-0.2, 0) is 11.8 Å². The van der Waals surface area contributed by atoms with Crippen molar-refractivity contribution in [2.24, 2.45) is 7.05 Å². The molecule has 0 aliphatic rings. The number of ether oxygens (including phenoxy) is 1. The predicted molar refractivity (Wildman–Crippen MR) is 72.3 cm³/mol. The lowest BCUT2D eigenvalue weighted by Gasteiger charge is -2.04. The minimum Gasteiger partial charge on any atom is -0.465 e. The lowest BCUT2D eigenvalue weighted by Crippen LogP contribution is -2.04. The van der Waals surface area contributed by atoms with Gasteiger partial charge in [0, 0.05) is 12.7 Å². The van der Waals surface area contributed by atoms with Gasteiger partial charge < -0.3 is 9.15 Å². The van der Waals surface area contributed by atoms with Crippen molar-refractivity contribution < 1.29 is 13.9 Å². The molecule has 20 heavy (non-hydrogen) atoms. The summed E-state index contributed by atoms with van der Waals surface area (Å²) in [5, 5.41) is 5.02. The van der Waals surface area contributed by atoms with Gasteiger partial charge in [0.2, 0.25) is 0 Å². The van der Waals surface area contributed by atoms with Crippen LogP contribution >= 0.6 is 0 Å². The van der Waals surface area contributed by atoms with Gasteiger partial charge in [0.1, 0.15) is 5.69 Å². The fourth-order valence-electron chi connectivity index (χ4n) is 2.16. The maximum absolute atomic E-state index is 12.0. The predicted octanol–water partition coefficient (Wildman–Crippen LogP) is 2.32. The van der Waals surface area contributed by atoms with Crippen molar-refractivity contribution in [2.75, 3.05) is 7.11 Å². The highest BCUT2D eigenvalue weighted by atomic mass is 16.5. The van der Waals surface area contributed by atoms with Gasteiger partial charge in [-0.05, 0) is 25.1 Å². The Kier molecular flexibility index (Phi) is 2.78. The summed E-state index contributed by atoms with van der Waals surface area (Å²) in [6.07, 6.45) is 1.56. The van der Waals surface area contributed by atoms with Crippen LogP contribution in [0.5, 0.6) is 0 Å². The van der Waals surface area contributed by atoms with Crippen molar-refractivity contribution in [2.45, 2.75) is 6.92 Å². The number of aryl methyl sites for hydroxylation is 2. The Hall–Kier alpha value is -2.63. The maximum atomic E-state index is 12.0. The molecule has 6 heteroatoms. The highest BCUT2D eigenvalue weighted by Gasteiger charge is 2.20. The van der Waals surface area contributed by atoms with Gasteiger partial charge in [0.25, 0.3) is 0 Å². The third-order valence-electron chi connectivity index (χ3n) is 3.27. The number of esters is 1. The molecule has 102 valence electrons. The van der Waals surface area contributed by atoms with Crippen molar-refractivity contribution in [3.05, 3.63) is 35.7 Å². The molecule has 0 aromatic carbocycles. The number of methoxy groups -OCH3 is 1. The molecular formula is C14H13N3O3. The maximum Gasteiger partial charge on any atom is 0.338 e. The third-order valence-corrected chi connectivity index (χ3v) is 3.27. The number of nitrogens with zero attached hydrogens (tertiary/aromatic N) is 3. The Morgan fingerprint density at radius 2 is 2.25 bits per heavy atom. The monoisotopic (exact) mass is 271 g/mol. The molecule has 3 aromatic rings. The molecule has 0 N–H and O–H groups in total. The molecule has 0 fully saturated rings. The van der Waals surface area contributed by atoms with E-state index in [-0.39, 0.29) is 0 Å². The first-order valence-electron chi connectivity index (χ1n) is 6.08. The summed E-state index contributed by atoms with van der Waals surface area (Å²) < 4.78 is 11.9. The molecule has 0 atom stereocenters. The Morgan fingerprint density at radius 3 is 2.90 bits per heavy atom. The summed E-state index contributed by atoms with van der Waals surface area (Å²) in [5.41, 5.74) is 2.36. The summed E-state index contributed by atoms with van der Waals surface area (Å²) in [7, 11) is 3.16. The van der Waals surface area contributed by atoms with E-state index in [1.807, 2.05) is 14.0 Å². The molecule has 0 unspecified atom stereocenters. The van der Waals surface area contributed by atoms with Gasteiger partial charge in [-0.1, -0.05) is 0 Å². The number of aromatic nitrogens is 3. The molecular weight excluding hydrogens is 258 g/mol. The van der Waals surface area contributed by atoms with Crippen LogP contribution in [0.3, 0.4) is 0 Å². The molecule has 0 bridgehead atoms. The fraction of sp³-hybridized carbons (Fsp3) is 0.214. The van der Waals surface area contributed by atoms with E-state index in [2.05, 4.69) is 10.1 Å². The van der Waals surface area contributed by atoms with E-state index in [1.165, 1.54) is 7.11 Å². The van der Waals surface area contributed by atoms with Crippen LogP contribution in [0.15, 0.2) is 28.9 Å². The van der Waals surface area contributed by atoms with Gasteiger partial charge in [-0.3, -0.25) is 4.68 Å². The topological polar surface area (TPSA) is 70.2 Å². The van der Waals surface area contributed by atoms with Crippen LogP contribution in [0, 0.1) is 6.92 Å². The number of furan rings is 1.